The highest BCUT2D eigenvalue weighted by Gasteiger charge is 2.25. The minimum absolute atomic E-state index is 0.193. The monoisotopic (exact) mass is 495 g/mol. The minimum atomic E-state index is 0.193. The molecule has 0 radical (unpaired) electrons. The van der Waals surface area contributed by atoms with Crippen LogP contribution in [0.3, 0.4) is 0 Å². The molecule has 0 amide bonds. The lowest BCUT2D eigenvalue weighted by atomic mass is 9.85. The average Bonchev–Trinajstić information content (AvgIpc) is 2.80. The maximum atomic E-state index is 5.58. The first kappa shape index (κ1) is 33.5. The first-order chi connectivity index (χ1) is 16.5. The fraction of sp³-hybridized carbons (Fsp3) is 0.786. The third-order valence-corrected chi connectivity index (χ3v) is 6.82. The Morgan fingerprint density at radius 2 is 1.60 bits per heavy atom. The number of hydrogen-bond donors (Lipinski definition) is 3. The zero-order valence-corrected chi connectivity index (χ0v) is 24.2. The van der Waals surface area contributed by atoms with E-state index in [-0.39, 0.29) is 6.04 Å². The van der Waals surface area contributed by atoms with Gasteiger partial charge in [-0.05, 0) is 37.6 Å². The van der Waals surface area contributed by atoms with Crippen LogP contribution in [0.1, 0.15) is 60.8 Å². The van der Waals surface area contributed by atoms with Crippen LogP contribution in [0.4, 0.5) is 0 Å². The first-order valence-electron chi connectivity index (χ1n) is 13.3. The molecule has 35 heavy (non-hydrogen) atoms. The van der Waals surface area contributed by atoms with Crippen molar-refractivity contribution in [3.8, 4) is 0 Å². The van der Waals surface area contributed by atoms with E-state index in [2.05, 4.69) is 101 Å². The molecule has 4 N–H and O–H groups in total. The zero-order chi connectivity index (χ0) is 27.0. The summed E-state index contributed by atoms with van der Waals surface area (Å²) >= 11 is 0. The molecule has 4 unspecified atom stereocenters. The maximum Gasteiger partial charge on any atom is 0.0913 e. The molecule has 0 aliphatic carbocycles. The molecular formula is C28H57N5O2. The Bertz CT molecular complexity index is 610. The lowest BCUT2D eigenvalue weighted by Crippen LogP contribution is -2.45. The van der Waals surface area contributed by atoms with Crippen molar-refractivity contribution < 1.29 is 9.57 Å². The summed E-state index contributed by atoms with van der Waals surface area (Å²) in [6.45, 7) is 30.6. The van der Waals surface area contributed by atoms with Gasteiger partial charge in [-0.3, -0.25) is 4.90 Å². The summed E-state index contributed by atoms with van der Waals surface area (Å²) in [5.74, 6) is 6.44. The van der Waals surface area contributed by atoms with E-state index in [4.69, 9.17) is 10.6 Å². The predicted molar refractivity (Wildman–Crippen MR) is 151 cm³/mol. The second-order valence-electron chi connectivity index (χ2n) is 10.4. The van der Waals surface area contributed by atoms with Crippen molar-refractivity contribution in [1.29, 1.82) is 0 Å². The average molecular weight is 496 g/mol. The second-order valence-corrected chi connectivity index (χ2v) is 10.4. The van der Waals surface area contributed by atoms with Gasteiger partial charge in [0.2, 0.25) is 0 Å². The molecule has 7 heteroatoms. The quantitative estimate of drug-likeness (QED) is 0.152. The topological polar surface area (TPSA) is 75.0 Å². The number of nitrogens with one attached hydrogen (secondary N) is 2. The molecule has 206 valence electrons. The number of hydrogen-bond acceptors (Lipinski definition) is 7. The van der Waals surface area contributed by atoms with Crippen molar-refractivity contribution >= 4 is 0 Å². The molecule has 0 fully saturated rings. The van der Waals surface area contributed by atoms with Gasteiger partial charge in [-0.15, -0.1) is 0 Å². The van der Waals surface area contributed by atoms with Crippen molar-refractivity contribution in [3.05, 3.63) is 36.8 Å². The van der Waals surface area contributed by atoms with Crippen molar-refractivity contribution in [2.45, 2.75) is 72.9 Å². The largest absolute Gasteiger partial charge is 0.384 e. The Morgan fingerprint density at radius 3 is 2.14 bits per heavy atom. The van der Waals surface area contributed by atoms with E-state index < -0.39 is 0 Å². The SMILES string of the molecule is C=C(CNC(=C)C(C(C)C)N(C)CCOCCON)NC(C(C)CC)C(C)CC(=C)N(C)CCC. The van der Waals surface area contributed by atoms with E-state index in [1.54, 1.807) is 0 Å². The molecule has 0 aliphatic heterocycles. The van der Waals surface area contributed by atoms with E-state index in [0.717, 1.165) is 43.7 Å². The lowest BCUT2D eigenvalue weighted by Gasteiger charge is -2.35. The van der Waals surface area contributed by atoms with E-state index in [9.17, 15) is 0 Å². The van der Waals surface area contributed by atoms with Gasteiger partial charge in [-0.25, -0.2) is 5.90 Å². The molecular weight excluding hydrogens is 438 g/mol. The second kappa shape index (κ2) is 18.7. The summed E-state index contributed by atoms with van der Waals surface area (Å²) in [6, 6.07) is 0.534. The van der Waals surface area contributed by atoms with Gasteiger partial charge in [-0.2, -0.15) is 0 Å². The number of nitrogens with zero attached hydrogens (tertiary/aromatic N) is 2. The predicted octanol–water partition coefficient (Wildman–Crippen LogP) is 4.35. The Balaban J connectivity index is 4.92. The van der Waals surface area contributed by atoms with Crippen LogP contribution in [0, 0.1) is 17.8 Å². The Labute approximate surface area is 217 Å². The van der Waals surface area contributed by atoms with Crippen molar-refractivity contribution in [2.75, 3.05) is 53.6 Å². The summed E-state index contributed by atoms with van der Waals surface area (Å²) in [5.41, 5.74) is 3.19. The number of nitrogens with two attached hydrogens (primary N) is 1. The minimum Gasteiger partial charge on any atom is -0.384 e. The number of rotatable bonds is 22. The van der Waals surface area contributed by atoms with Crippen molar-refractivity contribution in [3.63, 3.8) is 0 Å². The summed E-state index contributed by atoms with van der Waals surface area (Å²) in [4.78, 5) is 9.11. The zero-order valence-electron chi connectivity index (χ0n) is 24.2. The molecule has 0 heterocycles. The fourth-order valence-electron chi connectivity index (χ4n) is 4.59. The van der Waals surface area contributed by atoms with Gasteiger partial charge in [-0.1, -0.05) is 67.7 Å². The molecule has 0 saturated heterocycles. The van der Waals surface area contributed by atoms with Crippen molar-refractivity contribution in [2.24, 2.45) is 23.7 Å². The van der Waals surface area contributed by atoms with Gasteiger partial charge in [0.1, 0.15) is 0 Å². The van der Waals surface area contributed by atoms with Crippen LogP contribution in [0.2, 0.25) is 0 Å². The van der Waals surface area contributed by atoms with Crippen LogP contribution in [-0.2, 0) is 9.57 Å². The summed E-state index contributed by atoms with van der Waals surface area (Å²) in [5, 5.41) is 7.27. The third kappa shape index (κ3) is 13.4. The maximum absolute atomic E-state index is 5.58. The Morgan fingerprint density at radius 1 is 0.943 bits per heavy atom. The highest BCUT2D eigenvalue weighted by atomic mass is 16.6. The van der Waals surface area contributed by atoms with Crippen LogP contribution in [0.5, 0.6) is 0 Å². The van der Waals surface area contributed by atoms with E-state index in [0.29, 0.717) is 50.2 Å². The van der Waals surface area contributed by atoms with Crippen LogP contribution >= 0.6 is 0 Å². The molecule has 0 rings (SSSR count). The standard InChI is InChI=1S/C28H57N5O2/c1-12-14-32(10)25(8)19-23(6)27(22(5)13-2)31-24(7)20-30-26(9)28(21(3)4)33(11)15-16-34-17-18-35-29/h21-23,27-28,30-31H,7-9,12-20,29H2,1-6,10-11H3. The Hall–Kier alpha value is -1.54. The van der Waals surface area contributed by atoms with Gasteiger partial charge in [0, 0.05) is 43.3 Å². The van der Waals surface area contributed by atoms with E-state index in [1.807, 2.05) is 0 Å². The number of ether oxygens (including phenoxy) is 1. The normalized spacial score (nSPS) is 14.9. The van der Waals surface area contributed by atoms with Gasteiger partial charge in [0.15, 0.2) is 0 Å². The first-order valence-corrected chi connectivity index (χ1v) is 13.3. The van der Waals surface area contributed by atoms with E-state index >= 15 is 0 Å². The molecule has 0 aromatic rings. The third-order valence-electron chi connectivity index (χ3n) is 6.82. The molecule has 0 spiro atoms. The highest BCUT2D eigenvalue weighted by molar-refractivity contribution is 5.09. The molecule has 0 aromatic carbocycles. The summed E-state index contributed by atoms with van der Waals surface area (Å²) in [6.07, 6.45) is 3.23. The molecule has 0 bridgehead atoms. The highest BCUT2D eigenvalue weighted by Crippen LogP contribution is 2.24. The van der Waals surface area contributed by atoms with Crippen LogP contribution < -0.4 is 16.5 Å². The Kier molecular flexibility index (Phi) is 17.9. The van der Waals surface area contributed by atoms with Gasteiger partial charge >= 0.3 is 0 Å². The van der Waals surface area contributed by atoms with Crippen LogP contribution in [0.25, 0.3) is 0 Å². The van der Waals surface area contributed by atoms with Crippen molar-refractivity contribution in [1.82, 2.24) is 20.4 Å². The van der Waals surface area contributed by atoms with E-state index in [1.165, 1.54) is 5.70 Å². The number of allylic oxidation sites excluding steroid dienone is 1. The van der Waals surface area contributed by atoms with Gasteiger partial charge < -0.3 is 25.1 Å². The number of likely N-dealkylation sites (N-methyl/N-ethyl adjacent to an activating group) is 1. The summed E-state index contributed by atoms with van der Waals surface area (Å²) < 4.78 is 5.58. The summed E-state index contributed by atoms with van der Waals surface area (Å²) in [7, 11) is 4.25. The molecule has 4 atom stereocenters. The smallest absolute Gasteiger partial charge is 0.0913 e. The molecule has 0 saturated carbocycles. The van der Waals surface area contributed by atoms with Gasteiger partial charge in [0.05, 0.1) is 32.4 Å². The molecule has 7 nitrogen and oxygen atoms in total. The fourth-order valence-corrected chi connectivity index (χ4v) is 4.59. The van der Waals surface area contributed by atoms with Crippen LogP contribution in [0.15, 0.2) is 36.8 Å². The lowest BCUT2D eigenvalue weighted by molar-refractivity contribution is 0.0361. The van der Waals surface area contributed by atoms with Crippen LogP contribution in [-0.4, -0.2) is 75.4 Å². The van der Waals surface area contributed by atoms with Gasteiger partial charge in [0.25, 0.3) is 0 Å². The molecule has 0 aromatic heterocycles. The molecule has 0 aliphatic rings.